The highest BCUT2D eigenvalue weighted by atomic mass is 16.2. The molecule has 1 aromatic carbocycles. The maximum absolute atomic E-state index is 12.1. The van der Waals surface area contributed by atoms with Crippen molar-refractivity contribution in [3.8, 4) is 0 Å². The lowest BCUT2D eigenvalue weighted by atomic mass is 10.1. The molecule has 0 radical (unpaired) electrons. The number of nitrogens with two attached hydrogens (primary N) is 1. The molecule has 0 unspecified atom stereocenters. The zero-order valence-electron chi connectivity index (χ0n) is 16.0. The second-order valence-electron chi connectivity index (χ2n) is 8.35. The van der Waals surface area contributed by atoms with Crippen molar-refractivity contribution in [2.24, 2.45) is 11.7 Å². The van der Waals surface area contributed by atoms with Gasteiger partial charge in [-0.3, -0.25) is 4.90 Å². The third kappa shape index (κ3) is 2.86. The van der Waals surface area contributed by atoms with E-state index in [-0.39, 0.29) is 0 Å². The van der Waals surface area contributed by atoms with E-state index in [1.807, 2.05) is 12.1 Å². The standard InChI is InChI=1S/C20H29N5O/c1-14(2)7-8-17-22-18-15(5-4-6-16(18)25(17)19(21)26)24-12-11-23(3)20(13-24)9-10-20/h4-6,14H,7-13H2,1-3H3,(H2,21,26). The van der Waals surface area contributed by atoms with Gasteiger partial charge in [0.1, 0.15) is 11.3 Å². The van der Waals surface area contributed by atoms with Gasteiger partial charge in [-0.15, -0.1) is 0 Å². The van der Waals surface area contributed by atoms with Crippen molar-refractivity contribution < 1.29 is 4.79 Å². The fourth-order valence-electron chi connectivity index (χ4n) is 4.17. The van der Waals surface area contributed by atoms with Gasteiger partial charge in [0.05, 0.1) is 11.2 Å². The van der Waals surface area contributed by atoms with Gasteiger partial charge in [-0.2, -0.15) is 0 Å². The van der Waals surface area contributed by atoms with Crippen molar-refractivity contribution in [3.05, 3.63) is 24.0 Å². The first-order valence-corrected chi connectivity index (χ1v) is 9.68. The number of fused-ring (bicyclic) bond motifs is 1. The largest absolute Gasteiger partial charge is 0.367 e. The summed E-state index contributed by atoms with van der Waals surface area (Å²) in [5.41, 5.74) is 8.91. The third-order valence-electron chi connectivity index (χ3n) is 6.07. The van der Waals surface area contributed by atoms with Crippen LogP contribution in [0.15, 0.2) is 18.2 Å². The molecule has 2 N–H and O–H groups in total. The van der Waals surface area contributed by atoms with Crippen LogP contribution in [0.1, 0.15) is 38.9 Å². The quantitative estimate of drug-likeness (QED) is 0.916. The third-order valence-corrected chi connectivity index (χ3v) is 6.07. The Bertz CT molecular complexity index is 836. The molecule has 1 aliphatic heterocycles. The van der Waals surface area contributed by atoms with Crippen LogP contribution in [0.25, 0.3) is 11.0 Å². The maximum atomic E-state index is 12.1. The lowest BCUT2D eigenvalue weighted by molar-refractivity contribution is 0.199. The minimum Gasteiger partial charge on any atom is -0.367 e. The highest BCUT2D eigenvalue weighted by Crippen LogP contribution is 2.44. The normalized spacial score (nSPS) is 19.6. The molecule has 1 aliphatic carbocycles. The van der Waals surface area contributed by atoms with Gasteiger partial charge in [-0.25, -0.2) is 14.3 Å². The Morgan fingerprint density at radius 3 is 2.73 bits per heavy atom. The Kier molecular flexibility index (Phi) is 4.18. The molecule has 140 valence electrons. The van der Waals surface area contributed by atoms with Gasteiger partial charge in [0.2, 0.25) is 0 Å². The Hall–Kier alpha value is -2.08. The number of aromatic nitrogens is 2. The second-order valence-corrected chi connectivity index (χ2v) is 8.35. The number of hydrogen-bond donors (Lipinski definition) is 1. The molecule has 2 heterocycles. The summed E-state index contributed by atoms with van der Waals surface area (Å²) in [6, 6.07) is 5.66. The zero-order valence-corrected chi connectivity index (χ0v) is 16.0. The van der Waals surface area contributed by atoms with Gasteiger partial charge in [-0.05, 0) is 44.4 Å². The van der Waals surface area contributed by atoms with Crippen LogP contribution in [0.4, 0.5) is 10.5 Å². The van der Waals surface area contributed by atoms with Gasteiger partial charge in [0.25, 0.3) is 0 Å². The number of para-hydroxylation sites is 1. The predicted octanol–water partition coefficient (Wildman–Crippen LogP) is 2.84. The predicted molar refractivity (Wildman–Crippen MR) is 105 cm³/mol. The minimum absolute atomic E-state index is 0.340. The molecular formula is C20H29N5O. The smallest absolute Gasteiger partial charge is 0.324 e. The minimum atomic E-state index is -0.444. The average Bonchev–Trinajstić information content (AvgIpc) is 3.25. The molecule has 0 bridgehead atoms. The number of likely N-dealkylation sites (N-methyl/N-ethyl adjacent to an activating group) is 1. The summed E-state index contributed by atoms with van der Waals surface area (Å²) in [6.07, 6.45) is 4.29. The highest BCUT2D eigenvalue weighted by Gasteiger charge is 2.49. The summed E-state index contributed by atoms with van der Waals surface area (Å²) in [5, 5.41) is 0. The number of primary amides is 1. The first-order chi connectivity index (χ1) is 12.4. The first kappa shape index (κ1) is 17.3. The van der Waals surface area contributed by atoms with Crippen LogP contribution in [-0.4, -0.2) is 52.7 Å². The van der Waals surface area contributed by atoms with Crippen LogP contribution in [-0.2, 0) is 6.42 Å². The zero-order chi connectivity index (χ0) is 18.5. The number of carbonyl (C=O) groups excluding carboxylic acids is 1. The van der Waals surface area contributed by atoms with E-state index in [1.165, 1.54) is 12.8 Å². The molecule has 4 rings (SSSR count). The maximum Gasteiger partial charge on any atom is 0.324 e. The van der Waals surface area contributed by atoms with Gasteiger partial charge >= 0.3 is 6.03 Å². The number of hydrogen-bond acceptors (Lipinski definition) is 4. The Morgan fingerprint density at radius 1 is 1.31 bits per heavy atom. The molecule has 1 saturated heterocycles. The Morgan fingerprint density at radius 2 is 2.08 bits per heavy atom. The van der Waals surface area contributed by atoms with Crippen LogP contribution in [0.5, 0.6) is 0 Å². The van der Waals surface area contributed by atoms with Crippen LogP contribution in [0.3, 0.4) is 0 Å². The van der Waals surface area contributed by atoms with Crippen molar-refractivity contribution in [1.29, 1.82) is 0 Å². The van der Waals surface area contributed by atoms with Crippen LogP contribution in [0.2, 0.25) is 0 Å². The van der Waals surface area contributed by atoms with E-state index in [2.05, 4.69) is 36.8 Å². The molecule has 6 heteroatoms. The van der Waals surface area contributed by atoms with E-state index in [0.29, 0.717) is 11.5 Å². The summed E-state index contributed by atoms with van der Waals surface area (Å²) in [7, 11) is 2.23. The second kappa shape index (κ2) is 6.27. The topological polar surface area (TPSA) is 67.4 Å². The molecule has 2 fully saturated rings. The van der Waals surface area contributed by atoms with E-state index in [0.717, 1.165) is 55.0 Å². The molecule has 1 amide bonds. The molecule has 6 nitrogen and oxygen atoms in total. The molecule has 2 aliphatic rings. The molecule has 2 aromatic rings. The number of nitrogens with zero attached hydrogens (tertiary/aromatic N) is 4. The number of benzene rings is 1. The van der Waals surface area contributed by atoms with Crippen molar-refractivity contribution in [3.63, 3.8) is 0 Å². The van der Waals surface area contributed by atoms with E-state index in [4.69, 9.17) is 10.7 Å². The van der Waals surface area contributed by atoms with Crippen LogP contribution < -0.4 is 10.6 Å². The van der Waals surface area contributed by atoms with Gasteiger partial charge in [-0.1, -0.05) is 19.9 Å². The highest BCUT2D eigenvalue weighted by molar-refractivity contribution is 5.96. The molecule has 26 heavy (non-hydrogen) atoms. The molecule has 1 aromatic heterocycles. The lowest BCUT2D eigenvalue weighted by Crippen LogP contribution is -2.53. The van der Waals surface area contributed by atoms with E-state index < -0.39 is 6.03 Å². The lowest BCUT2D eigenvalue weighted by Gasteiger charge is -2.41. The van der Waals surface area contributed by atoms with Gasteiger partial charge in [0, 0.05) is 31.6 Å². The fraction of sp³-hybridized carbons (Fsp3) is 0.600. The number of carbonyl (C=O) groups is 1. The van der Waals surface area contributed by atoms with Crippen molar-refractivity contribution in [2.75, 3.05) is 31.6 Å². The Balaban J connectivity index is 1.74. The Labute approximate surface area is 155 Å². The van der Waals surface area contributed by atoms with E-state index in [9.17, 15) is 4.79 Å². The monoisotopic (exact) mass is 355 g/mol. The average molecular weight is 355 g/mol. The van der Waals surface area contributed by atoms with Crippen molar-refractivity contribution in [2.45, 2.75) is 45.1 Å². The fourth-order valence-corrected chi connectivity index (χ4v) is 4.17. The molecular weight excluding hydrogens is 326 g/mol. The first-order valence-electron chi connectivity index (χ1n) is 9.68. The summed E-state index contributed by atoms with van der Waals surface area (Å²) in [4.78, 5) is 21.9. The number of aryl methyl sites for hydroxylation is 1. The summed E-state index contributed by atoms with van der Waals surface area (Å²) in [5.74, 6) is 1.34. The van der Waals surface area contributed by atoms with Crippen molar-refractivity contribution in [1.82, 2.24) is 14.5 Å². The van der Waals surface area contributed by atoms with Gasteiger partial charge < -0.3 is 10.6 Å². The summed E-state index contributed by atoms with van der Waals surface area (Å²) in [6.45, 7) is 7.45. The summed E-state index contributed by atoms with van der Waals surface area (Å²) >= 11 is 0. The number of rotatable bonds is 4. The molecule has 1 saturated carbocycles. The van der Waals surface area contributed by atoms with E-state index >= 15 is 0 Å². The number of amides is 1. The number of imidazole rings is 1. The van der Waals surface area contributed by atoms with Crippen molar-refractivity contribution >= 4 is 22.8 Å². The molecule has 0 atom stereocenters. The SMILES string of the molecule is CC(C)CCc1nc2c(N3CCN(C)C4(CC4)C3)cccc2n1C(N)=O. The number of piperazine rings is 1. The molecule has 1 spiro atoms. The van der Waals surface area contributed by atoms with Crippen LogP contribution in [0, 0.1) is 5.92 Å². The summed E-state index contributed by atoms with van der Waals surface area (Å²) < 4.78 is 1.60. The van der Waals surface area contributed by atoms with E-state index in [1.54, 1.807) is 4.57 Å². The number of anilines is 1. The van der Waals surface area contributed by atoms with Gasteiger partial charge in [0.15, 0.2) is 0 Å². The van der Waals surface area contributed by atoms with Crippen LogP contribution >= 0.6 is 0 Å².